The zero-order valence-corrected chi connectivity index (χ0v) is 8.32. The van der Waals surface area contributed by atoms with Crippen molar-refractivity contribution in [2.75, 3.05) is 13.6 Å². The Bertz CT molecular complexity index is 362. The molecule has 1 rings (SSSR count). The maximum atomic E-state index is 11.6. The van der Waals surface area contributed by atoms with Crippen molar-refractivity contribution in [3.05, 3.63) is 29.6 Å². The summed E-state index contributed by atoms with van der Waals surface area (Å²) in [6.07, 6.45) is 6.67. The van der Waals surface area contributed by atoms with Crippen molar-refractivity contribution in [1.82, 2.24) is 9.88 Å². The molecule has 0 radical (unpaired) electrons. The molecular formula is C11H12N2O. The van der Waals surface area contributed by atoms with Crippen LogP contribution in [0, 0.1) is 19.3 Å². The number of terminal acetylenes is 1. The van der Waals surface area contributed by atoms with Crippen molar-refractivity contribution < 1.29 is 4.79 Å². The average molecular weight is 188 g/mol. The third-order valence-electron chi connectivity index (χ3n) is 1.83. The van der Waals surface area contributed by atoms with E-state index in [1.165, 1.54) is 4.90 Å². The Morgan fingerprint density at radius 3 is 2.86 bits per heavy atom. The van der Waals surface area contributed by atoms with E-state index < -0.39 is 0 Å². The van der Waals surface area contributed by atoms with Crippen molar-refractivity contribution in [3.63, 3.8) is 0 Å². The van der Waals surface area contributed by atoms with Gasteiger partial charge >= 0.3 is 0 Å². The summed E-state index contributed by atoms with van der Waals surface area (Å²) in [4.78, 5) is 17.2. The number of carbonyl (C=O) groups excluding carboxylic acids is 1. The van der Waals surface area contributed by atoms with Gasteiger partial charge in [-0.2, -0.15) is 0 Å². The predicted molar refractivity (Wildman–Crippen MR) is 54.8 cm³/mol. The summed E-state index contributed by atoms with van der Waals surface area (Å²) in [5.74, 6) is 2.31. The van der Waals surface area contributed by atoms with Crippen LogP contribution < -0.4 is 0 Å². The van der Waals surface area contributed by atoms with E-state index in [0.717, 1.165) is 5.69 Å². The molecule has 1 aromatic heterocycles. The fraction of sp³-hybridized carbons (Fsp3) is 0.273. The summed E-state index contributed by atoms with van der Waals surface area (Å²) in [6, 6.07) is 3.55. The molecule has 0 atom stereocenters. The molecule has 0 unspecified atom stereocenters. The van der Waals surface area contributed by atoms with E-state index in [4.69, 9.17) is 6.42 Å². The molecule has 0 saturated heterocycles. The first-order chi connectivity index (χ1) is 6.65. The molecular weight excluding hydrogens is 176 g/mol. The number of hydrogen-bond acceptors (Lipinski definition) is 2. The van der Waals surface area contributed by atoms with Crippen molar-refractivity contribution in [2.24, 2.45) is 0 Å². The van der Waals surface area contributed by atoms with E-state index in [-0.39, 0.29) is 5.91 Å². The van der Waals surface area contributed by atoms with E-state index in [1.54, 1.807) is 25.4 Å². The Morgan fingerprint density at radius 1 is 1.64 bits per heavy atom. The van der Waals surface area contributed by atoms with Gasteiger partial charge in [0.25, 0.3) is 5.91 Å². The highest BCUT2D eigenvalue weighted by Crippen LogP contribution is 2.02. The number of aryl methyl sites for hydroxylation is 1. The molecule has 0 aliphatic heterocycles. The monoisotopic (exact) mass is 188 g/mol. The summed E-state index contributed by atoms with van der Waals surface area (Å²) < 4.78 is 0. The van der Waals surface area contributed by atoms with Gasteiger partial charge in [-0.1, -0.05) is 5.92 Å². The molecule has 0 fully saturated rings. The van der Waals surface area contributed by atoms with Gasteiger partial charge in [-0.15, -0.1) is 6.42 Å². The lowest BCUT2D eigenvalue weighted by Gasteiger charge is -2.13. The van der Waals surface area contributed by atoms with Gasteiger partial charge in [0.05, 0.1) is 12.1 Å². The molecule has 1 amide bonds. The molecule has 0 saturated carbocycles. The van der Waals surface area contributed by atoms with Gasteiger partial charge in [-0.05, 0) is 19.1 Å². The summed E-state index contributed by atoms with van der Waals surface area (Å²) in [5, 5.41) is 0. The molecule has 1 heterocycles. The molecule has 0 aliphatic rings. The number of nitrogens with zero attached hydrogens (tertiary/aromatic N) is 2. The van der Waals surface area contributed by atoms with Gasteiger partial charge in [-0.3, -0.25) is 9.78 Å². The Balaban J connectivity index is 2.80. The second kappa shape index (κ2) is 4.43. The molecule has 1 aromatic rings. The van der Waals surface area contributed by atoms with Crippen LogP contribution in [0.2, 0.25) is 0 Å². The zero-order valence-electron chi connectivity index (χ0n) is 8.32. The minimum atomic E-state index is -0.101. The SMILES string of the molecule is C#CCN(C)C(=O)c1ccc(C)nc1. The first-order valence-electron chi connectivity index (χ1n) is 4.26. The number of rotatable bonds is 2. The second-order valence-corrected chi connectivity index (χ2v) is 3.05. The normalized spacial score (nSPS) is 9.21. The maximum absolute atomic E-state index is 11.6. The molecule has 0 aliphatic carbocycles. The van der Waals surface area contributed by atoms with Crippen LogP contribution in [0.4, 0.5) is 0 Å². The number of pyridine rings is 1. The zero-order chi connectivity index (χ0) is 10.6. The molecule has 0 bridgehead atoms. The lowest BCUT2D eigenvalue weighted by atomic mass is 10.2. The van der Waals surface area contributed by atoms with Gasteiger partial charge in [-0.25, -0.2) is 0 Å². The molecule has 0 spiro atoms. The molecule has 3 nitrogen and oxygen atoms in total. The molecule has 14 heavy (non-hydrogen) atoms. The van der Waals surface area contributed by atoms with E-state index >= 15 is 0 Å². The Morgan fingerprint density at radius 2 is 2.36 bits per heavy atom. The maximum Gasteiger partial charge on any atom is 0.255 e. The van der Waals surface area contributed by atoms with Crippen LogP contribution in [0.5, 0.6) is 0 Å². The Kier molecular flexibility index (Phi) is 3.24. The Labute approximate surface area is 83.8 Å². The third-order valence-corrected chi connectivity index (χ3v) is 1.83. The molecule has 3 heteroatoms. The first-order valence-corrected chi connectivity index (χ1v) is 4.26. The van der Waals surface area contributed by atoms with Gasteiger partial charge in [0, 0.05) is 18.9 Å². The van der Waals surface area contributed by atoms with Crippen LogP contribution in [0.1, 0.15) is 16.1 Å². The van der Waals surface area contributed by atoms with Crippen molar-refractivity contribution >= 4 is 5.91 Å². The fourth-order valence-corrected chi connectivity index (χ4v) is 1.02. The predicted octanol–water partition coefficient (Wildman–Crippen LogP) is 1.10. The topological polar surface area (TPSA) is 33.2 Å². The first kappa shape index (κ1) is 10.3. The molecule has 0 aromatic carbocycles. The van der Waals surface area contributed by atoms with Crippen LogP contribution in [0.15, 0.2) is 18.3 Å². The number of aromatic nitrogens is 1. The quantitative estimate of drug-likeness (QED) is 0.651. The summed E-state index contributed by atoms with van der Waals surface area (Å²) in [7, 11) is 1.67. The smallest absolute Gasteiger partial charge is 0.255 e. The van der Waals surface area contributed by atoms with E-state index in [0.29, 0.717) is 12.1 Å². The number of carbonyl (C=O) groups is 1. The van der Waals surface area contributed by atoms with Crippen molar-refractivity contribution in [3.8, 4) is 12.3 Å². The minimum absolute atomic E-state index is 0.101. The molecule has 72 valence electrons. The lowest BCUT2D eigenvalue weighted by molar-refractivity contribution is 0.0812. The van der Waals surface area contributed by atoms with Crippen LogP contribution in [0.3, 0.4) is 0 Å². The Hall–Kier alpha value is -1.82. The summed E-state index contributed by atoms with van der Waals surface area (Å²) in [6.45, 7) is 2.19. The van der Waals surface area contributed by atoms with Crippen LogP contribution in [-0.2, 0) is 0 Å². The van der Waals surface area contributed by atoms with Crippen LogP contribution in [0.25, 0.3) is 0 Å². The molecule has 0 N–H and O–H groups in total. The third kappa shape index (κ3) is 2.33. The number of amides is 1. The highest BCUT2D eigenvalue weighted by Gasteiger charge is 2.09. The highest BCUT2D eigenvalue weighted by atomic mass is 16.2. The summed E-state index contributed by atoms with van der Waals surface area (Å²) in [5.41, 5.74) is 1.45. The van der Waals surface area contributed by atoms with Crippen molar-refractivity contribution in [2.45, 2.75) is 6.92 Å². The van der Waals surface area contributed by atoms with Gasteiger partial charge < -0.3 is 4.90 Å². The van der Waals surface area contributed by atoms with E-state index in [1.807, 2.05) is 6.92 Å². The summed E-state index contributed by atoms with van der Waals surface area (Å²) >= 11 is 0. The largest absolute Gasteiger partial charge is 0.331 e. The van der Waals surface area contributed by atoms with E-state index in [9.17, 15) is 4.79 Å². The van der Waals surface area contributed by atoms with Crippen molar-refractivity contribution in [1.29, 1.82) is 0 Å². The van der Waals surface area contributed by atoms with Gasteiger partial charge in [0.15, 0.2) is 0 Å². The average Bonchev–Trinajstić information content (AvgIpc) is 2.18. The highest BCUT2D eigenvalue weighted by molar-refractivity contribution is 5.93. The van der Waals surface area contributed by atoms with Gasteiger partial charge in [0.1, 0.15) is 0 Å². The second-order valence-electron chi connectivity index (χ2n) is 3.05. The van der Waals surface area contributed by atoms with Crippen LogP contribution >= 0.6 is 0 Å². The fourth-order valence-electron chi connectivity index (χ4n) is 1.02. The number of hydrogen-bond donors (Lipinski definition) is 0. The van der Waals surface area contributed by atoms with Crippen LogP contribution in [-0.4, -0.2) is 29.4 Å². The van der Waals surface area contributed by atoms with E-state index in [2.05, 4.69) is 10.9 Å². The standard InChI is InChI=1S/C11H12N2O/c1-4-7-13(3)11(14)10-6-5-9(2)12-8-10/h1,5-6,8H,7H2,2-3H3. The van der Waals surface area contributed by atoms with Gasteiger partial charge in [0.2, 0.25) is 0 Å². The minimum Gasteiger partial charge on any atom is -0.331 e. The lowest BCUT2D eigenvalue weighted by Crippen LogP contribution is -2.27.